The van der Waals surface area contributed by atoms with E-state index in [1.54, 1.807) is 18.3 Å². The number of aliphatic hydroxyl groups is 1. The second-order valence-corrected chi connectivity index (χ2v) is 3.46. The van der Waals surface area contributed by atoms with Crippen LogP contribution in [-0.4, -0.2) is 5.11 Å². The Morgan fingerprint density at radius 2 is 2.09 bits per heavy atom. The van der Waals surface area contributed by atoms with E-state index >= 15 is 0 Å². The van der Waals surface area contributed by atoms with Crippen LogP contribution in [0.15, 0.2) is 5.38 Å². The molecule has 0 aliphatic heterocycles. The van der Waals surface area contributed by atoms with Crippen molar-refractivity contribution in [2.24, 2.45) is 0 Å². The molecular weight excluding hydrogens is 226 g/mol. The van der Waals surface area contributed by atoms with E-state index in [1.165, 1.54) is 0 Å². The van der Waals surface area contributed by atoms with Crippen molar-refractivity contribution in [2.45, 2.75) is 27.0 Å². The van der Waals surface area contributed by atoms with Gasteiger partial charge in [0.2, 0.25) is 5.01 Å². The third-order valence-corrected chi connectivity index (χ3v) is 2.49. The van der Waals surface area contributed by atoms with E-state index in [0.717, 1.165) is 10.7 Å². The molecule has 1 heterocycles. The molecule has 11 heavy (non-hydrogen) atoms. The average molecular weight is 238 g/mol. The highest BCUT2D eigenvalue weighted by Crippen LogP contribution is 2.07. The highest BCUT2D eigenvalue weighted by molar-refractivity contribution is 7.09. The van der Waals surface area contributed by atoms with E-state index in [0.29, 0.717) is 0 Å². The predicted molar refractivity (Wildman–Crippen MR) is 40.9 cm³/mol. The monoisotopic (exact) mass is 237 g/mol. The largest absolute Gasteiger partial charge is 1.00 e. The highest BCUT2D eigenvalue weighted by Gasteiger charge is 2.17. The summed E-state index contributed by atoms with van der Waals surface area (Å²) in [4.78, 5) is 0. The second-order valence-electron chi connectivity index (χ2n) is 2.40. The summed E-state index contributed by atoms with van der Waals surface area (Å²) in [7, 11) is 0. The van der Waals surface area contributed by atoms with Crippen LogP contribution in [0.3, 0.4) is 0 Å². The quantitative estimate of drug-likeness (QED) is 0.572. The van der Waals surface area contributed by atoms with Gasteiger partial charge in [0.15, 0.2) is 5.69 Å². The van der Waals surface area contributed by atoms with Gasteiger partial charge in [-0.25, -0.2) is 0 Å². The Balaban J connectivity index is 0.000001000. The summed E-state index contributed by atoms with van der Waals surface area (Å²) < 4.78 is 1.91. The first kappa shape index (κ1) is 11.1. The van der Waals surface area contributed by atoms with Gasteiger partial charge in [0, 0.05) is 20.8 Å². The molecule has 1 N–H and O–H groups in total. The normalized spacial score (nSPS) is 12.4. The van der Waals surface area contributed by atoms with Gasteiger partial charge >= 0.3 is 0 Å². The van der Waals surface area contributed by atoms with Gasteiger partial charge in [0.1, 0.15) is 0 Å². The van der Waals surface area contributed by atoms with Gasteiger partial charge in [0.25, 0.3) is 6.23 Å². The Bertz CT molecular complexity index is 215. The molecule has 0 spiro atoms. The first-order valence-corrected chi connectivity index (χ1v) is 4.15. The minimum absolute atomic E-state index is 0. The maximum atomic E-state index is 9.24. The van der Waals surface area contributed by atoms with Crippen LogP contribution in [0.1, 0.15) is 23.9 Å². The van der Waals surface area contributed by atoms with Crippen LogP contribution in [0, 0.1) is 13.8 Å². The lowest BCUT2D eigenvalue weighted by Crippen LogP contribution is -3.00. The van der Waals surface area contributed by atoms with Gasteiger partial charge in [-0.05, 0) is 0 Å². The molecule has 0 saturated carbocycles. The smallest absolute Gasteiger partial charge is 0.258 e. The maximum Gasteiger partial charge on any atom is 0.258 e. The molecule has 4 heteroatoms. The first-order valence-electron chi connectivity index (χ1n) is 3.27. The minimum atomic E-state index is -0.397. The molecule has 64 valence electrons. The van der Waals surface area contributed by atoms with Gasteiger partial charge in [-0.1, -0.05) is 11.3 Å². The predicted octanol–water partition coefficient (Wildman–Crippen LogP) is -1.83. The number of halogens is 1. The Morgan fingerprint density at radius 1 is 1.55 bits per heavy atom. The third kappa shape index (κ3) is 2.25. The fraction of sp³-hybridized carbons (Fsp3) is 0.571. The second kappa shape index (κ2) is 4.18. The average Bonchev–Trinajstić information content (AvgIpc) is 2.11. The molecule has 1 aromatic heterocycles. The fourth-order valence-corrected chi connectivity index (χ4v) is 1.96. The van der Waals surface area contributed by atoms with E-state index in [2.05, 4.69) is 0 Å². The molecule has 0 aliphatic rings. The molecule has 0 aliphatic carbocycles. The zero-order valence-electron chi connectivity index (χ0n) is 6.84. The van der Waals surface area contributed by atoms with E-state index < -0.39 is 6.23 Å². The summed E-state index contributed by atoms with van der Waals surface area (Å²) in [6.45, 7) is 5.77. The molecular formula is C7H12BrNOS. The number of nitrogens with zero attached hydrogens (tertiary/aromatic N) is 1. The fourth-order valence-electron chi connectivity index (χ4n) is 1.09. The summed E-state index contributed by atoms with van der Waals surface area (Å²) in [6.07, 6.45) is -0.397. The molecule has 1 atom stereocenters. The van der Waals surface area contributed by atoms with Crippen molar-refractivity contribution >= 4 is 11.3 Å². The van der Waals surface area contributed by atoms with E-state index in [1.807, 2.05) is 23.8 Å². The van der Waals surface area contributed by atoms with Crippen molar-refractivity contribution in [3.8, 4) is 0 Å². The molecule has 2 nitrogen and oxygen atoms in total. The zero-order valence-corrected chi connectivity index (χ0v) is 9.24. The van der Waals surface area contributed by atoms with Crippen LogP contribution >= 0.6 is 11.3 Å². The lowest BCUT2D eigenvalue weighted by Gasteiger charge is -1.97. The highest BCUT2D eigenvalue weighted by atomic mass is 79.9. The zero-order chi connectivity index (χ0) is 7.72. The molecule has 1 unspecified atom stereocenters. The molecule has 0 amide bonds. The Morgan fingerprint density at radius 3 is 2.27 bits per heavy atom. The van der Waals surface area contributed by atoms with Gasteiger partial charge < -0.3 is 22.1 Å². The SMILES string of the molecule is Cc1csc(C)[n+]1C(C)O.[Br-]. The summed E-state index contributed by atoms with van der Waals surface area (Å²) in [5.74, 6) is 0. The Kier molecular flexibility index (Phi) is 4.21. The van der Waals surface area contributed by atoms with E-state index in [4.69, 9.17) is 0 Å². The molecule has 0 fully saturated rings. The topological polar surface area (TPSA) is 24.1 Å². The minimum Gasteiger partial charge on any atom is -1.00 e. The Hall–Kier alpha value is 0.0700. The number of hydrogen-bond acceptors (Lipinski definition) is 2. The molecule has 1 rings (SSSR count). The number of hydrogen-bond donors (Lipinski definition) is 1. The van der Waals surface area contributed by atoms with Gasteiger partial charge in [-0.15, -0.1) is 0 Å². The van der Waals surface area contributed by atoms with E-state index in [-0.39, 0.29) is 17.0 Å². The summed E-state index contributed by atoms with van der Waals surface area (Å²) in [6, 6.07) is 0. The molecule has 0 bridgehead atoms. The van der Waals surface area contributed by atoms with Crippen LogP contribution in [-0.2, 0) is 0 Å². The summed E-state index contributed by atoms with van der Waals surface area (Å²) in [5.41, 5.74) is 1.12. The summed E-state index contributed by atoms with van der Waals surface area (Å²) >= 11 is 1.66. The molecule has 1 aromatic rings. The molecule has 0 saturated heterocycles. The van der Waals surface area contributed by atoms with Crippen LogP contribution < -0.4 is 21.5 Å². The lowest BCUT2D eigenvalue weighted by atomic mass is 10.5. The standard InChI is InChI=1S/C7H12NOS.BrH/c1-5-4-10-7(3)8(5)6(2)9;/h4,6,9H,1-3H3;1H/q+1;/p-1. The van der Waals surface area contributed by atoms with Gasteiger partial charge in [0.05, 0.1) is 5.38 Å². The van der Waals surface area contributed by atoms with Crippen molar-refractivity contribution in [1.29, 1.82) is 0 Å². The molecule has 0 aromatic carbocycles. The van der Waals surface area contributed by atoms with Crippen molar-refractivity contribution in [2.75, 3.05) is 0 Å². The van der Waals surface area contributed by atoms with Crippen LogP contribution in [0.4, 0.5) is 0 Å². The number of aliphatic hydroxyl groups excluding tert-OH is 1. The number of aromatic nitrogens is 1. The number of rotatable bonds is 1. The third-order valence-electron chi connectivity index (χ3n) is 1.49. The summed E-state index contributed by atoms with van der Waals surface area (Å²) in [5, 5.41) is 12.4. The van der Waals surface area contributed by atoms with Crippen LogP contribution in [0.5, 0.6) is 0 Å². The van der Waals surface area contributed by atoms with Gasteiger partial charge in [-0.3, -0.25) is 0 Å². The van der Waals surface area contributed by atoms with Crippen molar-refractivity contribution in [1.82, 2.24) is 0 Å². The number of thiazole rings is 1. The maximum absolute atomic E-state index is 9.24. The van der Waals surface area contributed by atoms with Crippen molar-refractivity contribution in [3.05, 3.63) is 16.1 Å². The first-order chi connectivity index (χ1) is 4.63. The van der Waals surface area contributed by atoms with Crippen LogP contribution in [0.25, 0.3) is 0 Å². The number of aryl methyl sites for hydroxylation is 2. The van der Waals surface area contributed by atoms with Crippen LogP contribution in [0.2, 0.25) is 0 Å². The van der Waals surface area contributed by atoms with Crippen molar-refractivity contribution in [3.63, 3.8) is 0 Å². The lowest BCUT2D eigenvalue weighted by molar-refractivity contribution is -0.761. The Labute approximate surface area is 81.3 Å². The van der Waals surface area contributed by atoms with Crippen molar-refractivity contribution < 1.29 is 26.7 Å². The molecule has 0 radical (unpaired) electrons. The van der Waals surface area contributed by atoms with E-state index in [9.17, 15) is 5.11 Å². The van der Waals surface area contributed by atoms with Gasteiger partial charge in [-0.2, -0.15) is 4.57 Å².